The van der Waals surface area contributed by atoms with Crippen molar-refractivity contribution in [3.63, 3.8) is 0 Å². The number of rotatable bonds is 9. The average Bonchev–Trinajstić information content (AvgIpc) is 2.61. The van der Waals surface area contributed by atoms with Gasteiger partial charge in [-0.15, -0.1) is 0 Å². The van der Waals surface area contributed by atoms with Crippen molar-refractivity contribution in [1.82, 2.24) is 0 Å². The Balaban J connectivity index is 2.90. The molecule has 0 heterocycles. The molecule has 0 aliphatic carbocycles. The van der Waals surface area contributed by atoms with Crippen LogP contribution in [0.15, 0.2) is 70.2 Å². The molecular formula is C22H30O4S. The summed E-state index contributed by atoms with van der Waals surface area (Å²) >= 11 is 0. The summed E-state index contributed by atoms with van der Waals surface area (Å²) in [4.78, 5) is 11.6. The van der Waals surface area contributed by atoms with E-state index >= 15 is 0 Å². The molecule has 0 fully saturated rings. The predicted molar refractivity (Wildman–Crippen MR) is 110 cm³/mol. The predicted octanol–water partition coefficient (Wildman–Crippen LogP) is 5.03. The van der Waals surface area contributed by atoms with Gasteiger partial charge in [0.15, 0.2) is 9.84 Å². The van der Waals surface area contributed by atoms with Crippen molar-refractivity contribution in [2.24, 2.45) is 0 Å². The van der Waals surface area contributed by atoms with E-state index in [1.807, 2.05) is 45.9 Å². The molecule has 0 aliphatic heterocycles. The fourth-order valence-corrected chi connectivity index (χ4v) is 4.51. The molecule has 0 aliphatic rings. The fourth-order valence-electron chi connectivity index (χ4n) is 2.69. The standard InChI is InChI=1S/C22H30O4S/c1-17(2)14-21(27(24,25)20-12-7-6-8-13-20)15-18(3)10-9-11-19(4)16-22(23)26-5/h6-8,10,12-14,16,21H,9,11,15H2,1-5H3/b18-10+,19-16+. The van der Waals surface area contributed by atoms with Crippen molar-refractivity contribution in [1.29, 1.82) is 0 Å². The van der Waals surface area contributed by atoms with E-state index in [-0.39, 0.29) is 5.97 Å². The number of hydrogen-bond donors (Lipinski definition) is 0. The second-order valence-corrected chi connectivity index (χ2v) is 9.11. The van der Waals surface area contributed by atoms with E-state index < -0.39 is 15.1 Å². The highest BCUT2D eigenvalue weighted by Gasteiger charge is 2.25. The van der Waals surface area contributed by atoms with Crippen LogP contribution in [0.2, 0.25) is 0 Å². The van der Waals surface area contributed by atoms with Gasteiger partial charge in [-0.3, -0.25) is 0 Å². The zero-order valence-corrected chi connectivity index (χ0v) is 17.7. The first-order valence-corrected chi connectivity index (χ1v) is 10.6. The minimum atomic E-state index is -3.44. The lowest BCUT2D eigenvalue weighted by molar-refractivity contribution is -0.134. The van der Waals surface area contributed by atoms with Crippen molar-refractivity contribution in [2.45, 2.75) is 57.1 Å². The lowest BCUT2D eigenvalue weighted by atomic mass is 10.1. The summed E-state index contributed by atoms with van der Waals surface area (Å²) in [6.07, 6.45) is 7.27. The summed E-state index contributed by atoms with van der Waals surface area (Å²) in [5.74, 6) is -0.356. The number of ether oxygens (including phenoxy) is 1. The monoisotopic (exact) mass is 390 g/mol. The SMILES string of the molecule is COC(=O)/C=C(\C)CC/C=C(\C)CC(C=C(C)C)S(=O)(=O)c1ccccc1. The van der Waals surface area contributed by atoms with E-state index in [0.29, 0.717) is 11.3 Å². The van der Waals surface area contributed by atoms with Crippen molar-refractivity contribution in [3.8, 4) is 0 Å². The zero-order valence-electron chi connectivity index (χ0n) is 16.9. The van der Waals surface area contributed by atoms with Gasteiger partial charge in [-0.25, -0.2) is 13.2 Å². The van der Waals surface area contributed by atoms with E-state index in [1.54, 1.807) is 24.3 Å². The van der Waals surface area contributed by atoms with Gasteiger partial charge in [-0.1, -0.05) is 47.1 Å². The fraction of sp³-hybridized carbons (Fsp3) is 0.409. The van der Waals surface area contributed by atoms with Gasteiger partial charge in [0.25, 0.3) is 0 Å². The highest BCUT2D eigenvalue weighted by atomic mass is 32.2. The normalized spacial score (nSPS) is 13.8. The van der Waals surface area contributed by atoms with Crippen LogP contribution in [-0.2, 0) is 19.4 Å². The van der Waals surface area contributed by atoms with Gasteiger partial charge in [0.2, 0.25) is 0 Å². The van der Waals surface area contributed by atoms with Gasteiger partial charge in [0.1, 0.15) is 0 Å². The van der Waals surface area contributed by atoms with Crippen LogP contribution in [0.25, 0.3) is 0 Å². The van der Waals surface area contributed by atoms with Crippen LogP contribution in [0, 0.1) is 0 Å². The van der Waals surface area contributed by atoms with Gasteiger partial charge in [0, 0.05) is 6.08 Å². The van der Waals surface area contributed by atoms with Gasteiger partial charge in [-0.2, -0.15) is 0 Å². The molecular weight excluding hydrogens is 360 g/mol. The Morgan fingerprint density at radius 2 is 1.70 bits per heavy atom. The maximum absolute atomic E-state index is 13.0. The highest BCUT2D eigenvalue weighted by molar-refractivity contribution is 7.92. The van der Waals surface area contributed by atoms with Gasteiger partial charge in [-0.05, 0) is 59.1 Å². The second-order valence-electron chi connectivity index (χ2n) is 6.95. The number of esters is 1. The smallest absolute Gasteiger partial charge is 0.330 e. The van der Waals surface area contributed by atoms with Crippen LogP contribution in [0.3, 0.4) is 0 Å². The number of benzene rings is 1. The first-order valence-electron chi connectivity index (χ1n) is 9.01. The number of methoxy groups -OCH3 is 1. The van der Waals surface area contributed by atoms with E-state index in [4.69, 9.17) is 0 Å². The Morgan fingerprint density at radius 3 is 2.26 bits per heavy atom. The molecule has 1 unspecified atom stereocenters. The van der Waals surface area contributed by atoms with Crippen LogP contribution in [0.5, 0.6) is 0 Å². The topological polar surface area (TPSA) is 60.4 Å². The molecule has 148 valence electrons. The molecule has 0 radical (unpaired) electrons. The molecule has 27 heavy (non-hydrogen) atoms. The lowest BCUT2D eigenvalue weighted by Crippen LogP contribution is -2.20. The lowest BCUT2D eigenvalue weighted by Gasteiger charge is -2.16. The summed E-state index contributed by atoms with van der Waals surface area (Å²) in [6.45, 7) is 7.65. The molecule has 1 aromatic carbocycles. The Bertz CT molecular complexity index is 811. The molecule has 0 saturated carbocycles. The molecule has 1 atom stereocenters. The number of carbonyl (C=O) groups is 1. The number of carbonyl (C=O) groups excluding carboxylic acids is 1. The van der Waals surface area contributed by atoms with E-state index in [0.717, 1.165) is 29.6 Å². The van der Waals surface area contributed by atoms with Crippen molar-refractivity contribution in [3.05, 3.63) is 65.3 Å². The summed E-state index contributed by atoms with van der Waals surface area (Å²) in [5.41, 5.74) is 2.93. The number of sulfone groups is 1. The Labute approximate surface area is 163 Å². The number of hydrogen-bond acceptors (Lipinski definition) is 4. The highest BCUT2D eigenvalue weighted by Crippen LogP contribution is 2.24. The Morgan fingerprint density at radius 1 is 1.07 bits per heavy atom. The molecule has 0 N–H and O–H groups in total. The molecule has 1 aromatic rings. The van der Waals surface area contributed by atoms with E-state index in [1.165, 1.54) is 13.2 Å². The first-order chi connectivity index (χ1) is 12.7. The molecule has 0 spiro atoms. The minimum Gasteiger partial charge on any atom is -0.466 e. The maximum atomic E-state index is 13.0. The van der Waals surface area contributed by atoms with Gasteiger partial charge >= 0.3 is 5.97 Å². The Hall–Kier alpha value is -2.14. The third-order valence-electron chi connectivity index (χ3n) is 4.11. The van der Waals surface area contributed by atoms with Crippen LogP contribution in [-0.4, -0.2) is 26.7 Å². The summed E-state index contributed by atoms with van der Waals surface area (Å²) < 4.78 is 30.6. The largest absolute Gasteiger partial charge is 0.466 e. The quantitative estimate of drug-likeness (QED) is 0.337. The van der Waals surface area contributed by atoms with Crippen LogP contribution < -0.4 is 0 Å². The summed E-state index contributed by atoms with van der Waals surface area (Å²) in [5, 5.41) is -0.590. The zero-order chi connectivity index (χ0) is 20.4. The maximum Gasteiger partial charge on any atom is 0.330 e. The minimum absolute atomic E-state index is 0.345. The molecule has 5 heteroatoms. The third kappa shape index (κ3) is 7.95. The summed E-state index contributed by atoms with van der Waals surface area (Å²) in [6, 6.07) is 8.57. The Kier molecular flexibility index (Phi) is 9.22. The van der Waals surface area contributed by atoms with Crippen molar-refractivity contribution >= 4 is 15.8 Å². The molecule has 0 bridgehead atoms. The average molecular weight is 391 g/mol. The van der Waals surface area contributed by atoms with E-state index in [9.17, 15) is 13.2 Å². The third-order valence-corrected chi connectivity index (χ3v) is 6.14. The van der Waals surface area contributed by atoms with Crippen LogP contribution >= 0.6 is 0 Å². The van der Waals surface area contributed by atoms with E-state index in [2.05, 4.69) is 4.74 Å². The van der Waals surface area contributed by atoms with Gasteiger partial charge < -0.3 is 4.74 Å². The second kappa shape index (κ2) is 10.9. The molecule has 4 nitrogen and oxygen atoms in total. The molecule has 0 amide bonds. The van der Waals surface area contributed by atoms with Crippen molar-refractivity contribution < 1.29 is 17.9 Å². The van der Waals surface area contributed by atoms with Crippen LogP contribution in [0.1, 0.15) is 47.0 Å². The first kappa shape index (κ1) is 22.9. The molecule has 0 saturated heterocycles. The molecule has 0 aromatic heterocycles. The van der Waals surface area contributed by atoms with Gasteiger partial charge in [0.05, 0.1) is 17.3 Å². The summed E-state index contributed by atoms with van der Waals surface area (Å²) in [7, 11) is -2.09. The van der Waals surface area contributed by atoms with Crippen LogP contribution in [0.4, 0.5) is 0 Å². The number of allylic oxidation sites excluding steroid dienone is 4. The van der Waals surface area contributed by atoms with Crippen molar-refractivity contribution in [2.75, 3.05) is 7.11 Å². The molecule has 1 rings (SSSR count).